The fourth-order valence-electron chi connectivity index (χ4n) is 2.05. The highest BCUT2D eigenvalue weighted by Gasteiger charge is 2.29. The quantitative estimate of drug-likeness (QED) is 0.852. The Morgan fingerprint density at radius 3 is 2.50 bits per heavy atom. The molecule has 0 unspecified atom stereocenters. The summed E-state index contributed by atoms with van der Waals surface area (Å²) in [7, 11) is 1.89. The van der Waals surface area contributed by atoms with Crippen LogP contribution < -0.4 is 5.32 Å². The summed E-state index contributed by atoms with van der Waals surface area (Å²) in [5, 5.41) is 12.5. The van der Waals surface area contributed by atoms with Gasteiger partial charge in [0.05, 0.1) is 12.0 Å². The van der Waals surface area contributed by atoms with Gasteiger partial charge in [0.1, 0.15) is 0 Å². The second-order valence-corrected chi connectivity index (χ2v) is 6.69. The van der Waals surface area contributed by atoms with Crippen LogP contribution in [0.2, 0.25) is 5.02 Å². The van der Waals surface area contributed by atoms with Gasteiger partial charge in [-0.3, -0.25) is 4.79 Å². The van der Waals surface area contributed by atoms with Gasteiger partial charge in [0.25, 0.3) is 0 Å². The first-order valence-corrected chi connectivity index (χ1v) is 8.43. The molecular weight excluding hydrogens is 320 g/mol. The standard InChI is InChI=1S/C15H19ClN4OS/c1-15(2,10-5-7-11(16)8-6-10)13(21)17-9-12-18-19-14(22-4)20(12)3/h5-8H,9H2,1-4H3,(H,17,21). The van der Waals surface area contributed by atoms with E-state index in [0.717, 1.165) is 16.5 Å². The predicted molar refractivity (Wildman–Crippen MR) is 89.1 cm³/mol. The summed E-state index contributed by atoms with van der Waals surface area (Å²) < 4.78 is 1.88. The van der Waals surface area contributed by atoms with E-state index in [9.17, 15) is 4.79 Å². The Kier molecular flexibility index (Phi) is 5.13. The van der Waals surface area contributed by atoms with Crippen LogP contribution in [0.25, 0.3) is 0 Å². The first kappa shape index (κ1) is 16.8. The highest BCUT2D eigenvalue weighted by atomic mass is 35.5. The molecule has 1 aromatic carbocycles. The second-order valence-electron chi connectivity index (χ2n) is 5.48. The summed E-state index contributed by atoms with van der Waals surface area (Å²) in [5.74, 6) is 0.660. The smallest absolute Gasteiger partial charge is 0.230 e. The lowest BCUT2D eigenvalue weighted by atomic mass is 9.84. The molecule has 5 nitrogen and oxygen atoms in total. The Balaban J connectivity index is 2.07. The zero-order chi connectivity index (χ0) is 16.3. The lowest BCUT2D eigenvalue weighted by molar-refractivity contribution is -0.125. The maximum Gasteiger partial charge on any atom is 0.230 e. The SMILES string of the molecule is CSc1nnc(CNC(=O)C(C)(C)c2ccc(Cl)cc2)n1C. The van der Waals surface area contributed by atoms with Gasteiger partial charge in [-0.2, -0.15) is 0 Å². The van der Waals surface area contributed by atoms with E-state index >= 15 is 0 Å². The van der Waals surface area contributed by atoms with Crippen LogP contribution in [0.5, 0.6) is 0 Å². The van der Waals surface area contributed by atoms with Crippen LogP contribution in [0.15, 0.2) is 29.4 Å². The minimum Gasteiger partial charge on any atom is -0.348 e. The van der Waals surface area contributed by atoms with E-state index in [-0.39, 0.29) is 5.91 Å². The minimum absolute atomic E-state index is 0.0662. The number of aromatic nitrogens is 3. The summed E-state index contributed by atoms with van der Waals surface area (Å²) in [6, 6.07) is 7.32. The first-order chi connectivity index (χ1) is 10.4. The van der Waals surface area contributed by atoms with Crippen molar-refractivity contribution in [2.24, 2.45) is 7.05 Å². The summed E-state index contributed by atoms with van der Waals surface area (Å²) >= 11 is 7.41. The first-order valence-electron chi connectivity index (χ1n) is 6.83. The van der Waals surface area contributed by atoms with Crippen molar-refractivity contribution in [1.82, 2.24) is 20.1 Å². The predicted octanol–water partition coefficient (Wildman–Crippen LogP) is 2.78. The molecule has 0 saturated carbocycles. The Labute approximate surface area is 139 Å². The van der Waals surface area contributed by atoms with Gasteiger partial charge in [0, 0.05) is 12.1 Å². The van der Waals surface area contributed by atoms with Crippen LogP contribution in [0.4, 0.5) is 0 Å². The molecule has 22 heavy (non-hydrogen) atoms. The molecule has 0 spiro atoms. The van der Waals surface area contributed by atoms with Gasteiger partial charge in [-0.1, -0.05) is 35.5 Å². The summed E-state index contributed by atoms with van der Waals surface area (Å²) in [6.07, 6.45) is 1.94. The summed E-state index contributed by atoms with van der Waals surface area (Å²) in [5.41, 5.74) is 0.267. The molecule has 0 radical (unpaired) electrons. The van der Waals surface area contributed by atoms with Crippen molar-refractivity contribution >= 4 is 29.3 Å². The van der Waals surface area contributed by atoms with Gasteiger partial charge < -0.3 is 9.88 Å². The average molecular weight is 339 g/mol. The largest absolute Gasteiger partial charge is 0.348 e. The van der Waals surface area contributed by atoms with E-state index in [1.54, 1.807) is 12.1 Å². The lowest BCUT2D eigenvalue weighted by Gasteiger charge is -2.24. The highest BCUT2D eigenvalue weighted by Crippen LogP contribution is 2.25. The van der Waals surface area contributed by atoms with E-state index in [2.05, 4.69) is 15.5 Å². The van der Waals surface area contributed by atoms with E-state index in [1.165, 1.54) is 11.8 Å². The molecule has 0 atom stereocenters. The van der Waals surface area contributed by atoms with E-state index < -0.39 is 5.41 Å². The lowest BCUT2D eigenvalue weighted by Crippen LogP contribution is -2.40. The zero-order valence-electron chi connectivity index (χ0n) is 13.1. The molecule has 0 bridgehead atoms. The molecule has 2 rings (SSSR count). The van der Waals surface area contributed by atoms with Crippen molar-refractivity contribution in [3.05, 3.63) is 40.7 Å². The molecule has 2 aromatic rings. The number of rotatable bonds is 5. The number of thioether (sulfide) groups is 1. The molecule has 1 N–H and O–H groups in total. The van der Waals surface area contributed by atoms with Gasteiger partial charge in [-0.25, -0.2) is 0 Å². The normalized spacial score (nSPS) is 11.5. The van der Waals surface area contributed by atoms with E-state index in [1.807, 2.05) is 43.9 Å². The Bertz CT molecular complexity index is 667. The third kappa shape index (κ3) is 3.44. The zero-order valence-corrected chi connectivity index (χ0v) is 14.6. The Morgan fingerprint density at radius 2 is 1.95 bits per heavy atom. The fourth-order valence-corrected chi connectivity index (χ4v) is 2.68. The second kappa shape index (κ2) is 6.71. The molecule has 1 aromatic heterocycles. The maximum atomic E-state index is 12.5. The monoisotopic (exact) mass is 338 g/mol. The third-order valence-electron chi connectivity index (χ3n) is 3.65. The minimum atomic E-state index is -0.647. The molecule has 0 aliphatic heterocycles. The number of amides is 1. The average Bonchev–Trinajstić information content (AvgIpc) is 2.85. The molecule has 1 heterocycles. The molecule has 0 saturated heterocycles. The molecule has 0 fully saturated rings. The van der Waals surface area contributed by atoms with Crippen LogP contribution in [-0.2, 0) is 23.8 Å². The van der Waals surface area contributed by atoms with Gasteiger partial charge in [-0.15, -0.1) is 10.2 Å². The van der Waals surface area contributed by atoms with Crippen molar-refractivity contribution in [3.8, 4) is 0 Å². The van der Waals surface area contributed by atoms with Crippen molar-refractivity contribution in [3.63, 3.8) is 0 Å². The fraction of sp³-hybridized carbons (Fsp3) is 0.400. The number of benzene rings is 1. The maximum absolute atomic E-state index is 12.5. The number of carbonyl (C=O) groups is 1. The Hall–Kier alpha value is -1.53. The van der Waals surface area contributed by atoms with Crippen LogP contribution in [0, 0.1) is 0 Å². The van der Waals surface area contributed by atoms with Gasteiger partial charge in [-0.05, 0) is 37.8 Å². The van der Waals surface area contributed by atoms with Crippen LogP contribution >= 0.6 is 23.4 Å². The number of hydrogen-bond acceptors (Lipinski definition) is 4. The Morgan fingerprint density at radius 1 is 1.32 bits per heavy atom. The number of nitrogens with zero attached hydrogens (tertiary/aromatic N) is 3. The molecular formula is C15H19ClN4OS. The van der Waals surface area contributed by atoms with Crippen molar-refractivity contribution in [1.29, 1.82) is 0 Å². The van der Waals surface area contributed by atoms with Crippen molar-refractivity contribution in [2.75, 3.05) is 6.26 Å². The number of hydrogen-bond donors (Lipinski definition) is 1. The molecule has 118 valence electrons. The van der Waals surface area contributed by atoms with Gasteiger partial charge in [0.2, 0.25) is 5.91 Å². The van der Waals surface area contributed by atoms with Crippen molar-refractivity contribution < 1.29 is 4.79 Å². The number of carbonyl (C=O) groups excluding carboxylic acids is 1. The van der Waals surface area contributed by atoms with Crippen LogP contribution in [0.1, 0.15) is 25.2 Å². The number of halogens is 1. The van der Waals surface area contributed by atoms with Gasteiger partial charge >= 0.3 is 0 Å². The highest BCUT2D eigenvalue weighted by molar-refractivity contribution is 7.98. The molecule has 7 heteroatoms. The van der Waals surface area contributed by atoms with Crippen LogP contribution in [0.3, 0.4) is 0 Å². The topological polar surface area (TPSA) is 59.8 Å². The number of nitrogens with one attached hydrogen (secondary N) is 1. The summed E-state index contributed by atoms with van der Waals surface area (Å²) in [4.78, 5) is 12.5. The van der Waals surface area contributed by atoms with Crippen LogP contribution in [-0.4, -0.2) is 26.9 Å². The molecule has 0 aliphatic rings. The van der Waals surface area contributed by atoms with E-state index in [0.29, 0.717) is 11.6 Å². The summed E-state index contributed by atoms with van der Waals surface area (Å²) in [6.45, 7) is 4.12. The van der Waals surface area contributed by atoms with Gasteiger partial charge in [0.15, 0.2) is 11.0 Å². The molecule has 1 amide bonds. The van der Waals surface area contributed by atoms with E-state index in [4.69, 9.17) is 11.6 Å². The third-order valence-corrected chi connectivity index (χ3v) is 4.62. The van der Waals surface area contributed by atoms with Crippen molar-refractivity contribution in [2.45, 2.75) is 31.0 Å². The molecule has 0 aliphatic carbocycles.